The van der Waals surface area contributed by atoms with Crippen molar-refractivity contribution in [2.75, 3.05) is 29.9 Å². The van der Waals surface area contributed by atoms with E-state index in [1.54, 1.807) is 0 Å². The van der Waals surface area contributed by atoms with Crippen molar-refractivity contribution in [1.82, 2.24) is 0 Å². The number of nitrogens with one attached hydrogen (secondary N) is 1. The zero-order valence-corrected chi connectivity index (χ0v) is 9.79. The molecule has 0 radical (unpaired) electrons. The van der Waals surface area contributed by atoms with Crippen LogP contribution >= 0.6 is 0 Å². The van der Waals surface area contributed by atoms with Gasteiger partial charge in [-0.1, -0.05) is 5.92 Å². The van der Waals surface area contributed by atoms with Gasteiger partial charge in [0.15, 0.2) is 0 Å². The van der Waals surface area contributed by atoms with Crippen molar-refractivity contribution in [2.24, 2.45) is 0 Å². The minimum absolute atomic E-state index is 0.722. The highest BCUT2D eigenvalue weighted by Gasteiger charge is 2.11. The Kier molecular flexibility index (Phi) is 3.71. The molecule has 0 unspecified atom stereocenters. The van der Waals surface area contributed by atoms with Gasteiger partial charge in [0.2, 0.25) is 0 Å². The third kappa shape index (κ3) is 2.70. The fourth-order valence-electron chi connectivity index (χ4n) is 2.00. The SMILES string of the molecule is CC#CCNc1ccc(N2CCCC2)cc1. The van der Waals surface area contributed by atoms with Crippen molar-refractivity contribution in [3.63, 3.8) is 0 Å². The smallest absolute Gasteiger partial charge is 0.0765 e. The van der Waals surface area contributed by atoms with Crippen LogP contribution in [0.1, 0.15) is 19.8 Å². The highest BCUT2D eigenvalue weighted by molar-refractivity contribution is 5.55. The maximum absolute atomic E-state index is 3.27. The molecule has 0 bridgehead atoms. The van der Waals surface area contributed by atoms with Crippen LogP contribution in [0.25, 0.3) is 0 Å². The van der Waals surface area contributed by atoms with Gasteiger partial charge >= 0.3 is 0 Å². The monoisotopic (exact) mass is 214 g/mol. The lowest BCUT2D eigenvalue weighted by atomic mass is 10.2. The van der Waals surface area contributed by atoms with Crippen LogP contribution in [0.5, 0.6) is 0 Å². The van der Waals surface area contributed by atoms with Crippen LogP contribution in [-0.2, 0) is 0 Å². The molecule has 1 aromatic rings. The summed E-state index contributed by atoms with van der Waals surface area (Å²) in [6.45, 7) is 4.99. The maximum Gasteiger partial charge on any atom is 0.0765 e. The Morgan fingerprint density at radius 1 is 1.19 bits per heavy atom. The molecule has 16 heavy (non-hydrogen) atoms. The molecule has 1 aliphatic rings. The van der Waals surface area contributed by atoms with Gasteiger partial charge in [-0.2, -0.15) is 0 Å². The molecular formula is C14H18N2. The van der Waals surface area contributed by atoms with Gasteiger partial charge in [-0.05, 0) is 44.0 Å². The van der Waals surface area contributed by atoms with Crippen LogP contribution in [0.2, 0.25) is 0 Å². The molecule has 2 heteroatoms. The average molecular weight is 214 g/mol. The number of rotatable bonds is 3. The number of hydrogen-bond acceptors (Lipinski definition) is 2. The molecule has 1 saturated heterocycles. The summed E-state index contributed by atoms with van der Waals surface area (Å²) >= 11 is 0. The molecular weight excluding hydrogens is 196 g/mol. The second-order valence-corrected chi connectivity index (χ2v) is 4.02. The highest BCUT2D eigenvalue weighted by Crippen LogP contribution is 2.21. The molecule has 1 aromatic carbocycles. The number of hydrogen-bond donors (Lipinski definition) is 1. The Morgan fingerprint density at radius 3 is 2.50 bits per heavy atom. The summed E-state index contributed by atoms with van der Waals surface area (Å²) in [4.78, 5) is 2.44. The molecule has 2 nitrogen and oxygen atoms in total. The van der Waals surface area contributed by atoms with E-state index in [1.165, 1.54) is 31.6 Å². The summed E-state index contributed by atoms with van der Waals surface area (Å²) in [5, 5.41) is 3.27. The summed E-state index contributed by atoms with van der Waals surface area (Å²) in [6, 6.07) is 8.63. The minimum atomic E-state index is 0.722. The van der Waals surface area contributed by atoms with Gasteiger partial charge in [0, 0.05) is 24.5 Å². The second kappa shape index (κ2) is 5.46. The van der Waals surface area contributed by atoms with Crippen molar-refractivity contribution in [1.29, 1.82) is 0 Å². The van der Waals surface area contributed by atoms with Crippen LogP contribution in [0.15, 0.2) is 24.3 Å². The lowest BCUT2D eigenvalue weighted by molar-refractivity contribution is 0.949. The molecule has 1 N–H and O–H groups in total. The quantitative estimate of drug-likeness (QED) is 0.778. The van der Waals surface area contributed by atoms with Gasteiger partial charge in [0.1, 0.15) is 0 Å². The second-order valence-electron chi connectivity index (χ2n) is 4.02. The van der Waals surface area contributed by atoms with E-state index in [4.69, 9.17) is 0 Å². The number of benzene rings is 1. The standard InChI is InChI=1S/C14H18N2/c1-2-3-10-15-13-6-8-14(9-7-13)16-11-4-5-12-16/h6-9,15H,4-5,10-12H2,1H3. The maximum atomic E-state index is 3.27. The third-order valence-electron chi connectivity index (χ3n) is 2.90. The predicted octanol–water partition coefficient (Wildman–Crippen LogP) is 2.72. The van der Waals surface area contributed by atoms with Gasteiger partial charge in [-0.3, -0.25) is 0 Å². The van der Waals surface area contributed by atoms with E-state index in [2.05, 4.69) is 46.3 Å². The summed E-state index contributed by atoms with van der Waals surface area (Å²) in [5.74, 6) is 5.87. The molecule has 1 heterocycles. The van der Waals surface area contributed by atoms with Crippen molar-refractivity contribution in [3.8, 4) is 11.8 Å². The average Bonchev–Trinajstić information content (AvgIpc) is 2.84. The van der Waals surface area contributed by atoms with Crippen LogP contribution < -0.4 is 10.2 Å². The Hall–Kier alpha value is -1.62. The lowest BCUT2D eigenvalue weighted by Gasteiger charge is -2.17. The van der Waals surface area contributed by atoms with E-state index in [0.717, 1.165) is 12.2 Å². The fourth-order valence-corrected chi connectivity index (χ4v) is 2.00. The first-order valence-corrected chi connectivity index (χ1v) is 5.88. The molecule has 1 fully saturated rings. The van der Waals surface area contributed by atoms with Crippen molar-refractivity contribution < 1.29 is 0 Å². The van der Waals surface area contributed by atoms with Gasteiger partial charge in [-0.25, -0.2) is 0 Å². The minimum Gasteiger partial charge on any atom is -0.374 e. The highest BCUT2D eigenvalue weighted by atomic mass is 15.1. The predicted molar refractivity (Wildman–Crippen MR) is 69.8 cm³/mol. The summed E-state index contributed by atoms with van der Waals surface area (Å²) in [5.41, 5.74) is 2.48. The van der Waals surface area contributed by atoms with Crippen LogP contribution in [0.3, 0.4) is 0 Å². The van der Waals surface area contributed by atoms with Gasteiger partial charge < -0.3 is 10.2 Å². The lowest BCUT2D eigenvalue weighted by Crippen LogP contribution is -2.17. The topological polar surface area (TPSA) is 15.3 Å². The zero-order chi connectivity index (χ0) is 11.2. The van der Waals surface area contributed by atoms with E-state index in [1.807, 2.05) is 6.92 Å². The van der Waals surface area contributed by atoms with E-state index >= 15 is 0 Å². The number of nitrogens with zero attached hydrogens (tertiary/aromatic N) is 1. The first-order valence-electron chi connectivity index (χ1n) is 5.88. The molecule has 0 aliphatic carbocycles. The molecule has 84 valence electrons. The van der Waals surface area contributed by atoms with E-state index in [-0.39, 0.29) is 0 Å². The molecule has 0 atom stereocenters. The van der Waals surface area contributed by atoms with E-state index < -0.39 is 0 Å². The van der Waals surface area contributed by atoms with Gasteiger partial charge in [0.25, 0.3) is 0 Å². The Morgan fingerprint density at radius 2 is 1.88 bits per heavy atom. The van der Waals surface area contributed by atoms with E-state index in [9.17, 15) is 0 Å². The van der Waals surface area contributed by atoms with Gasteiger partial charge in [-0.15, -0.1) is 5.92 Å². The third-order valence-corrected chi connectivity index (χ3v) is 2.90. The number of anilines is 2. The van der Waals surface area contributed by atoms with E-state index in [0.29, 0.717) is 0 Å². The fraction of sp³-hybridized carbons (Fsp3) is 0.429. The molecule has 0 amide bonds. The van der Waals surface area contributed by atoms with Crippen molar-refractivity contribution >= 4 is 11.4 Å². The largest absolute Gasteiger partial charge is 0.374 e. The molecule has 0 aromatic heterocycles. The molecule has 2 rings (SSSR count). The van der Waals surface area contributed by atoms with Crippen LogP contribution in [-0.4, -0.2) is 19.6 Å². The van der Waals surface area contributed by atoms with Gasteiger partial charge in [0.05, 0.1) is 6.54 Å². The first kappa shape index (κ1) is 10.9. The Labute approximate surface area is 97.7 Å². The normalized spacial score (nSPS) is 14.4. The molecule has 0 saturated carbocycles. The first-order chi connectivity index (χ1) is 7.90. The molecule has 1 aliphatic heterocycles. The summed E-state index contributed by atoms with van der Waals surface area (Å²) in [6.07, 6.45) is 2.65. The molecule has 0 spiro atoms. The summed E-state index contributed by atoms with van der Waals surface area (Å²) < 4.78 is 0. The van der Waals surface area contributed by atoms with Crippen LogP contribution in [0, 0.1) is 11.8 Å². The Bertz CT molecular complexity index is 377. The zero-order valence-electron chi connectivity index (χ0n) is 9.79. The Balaban J connectivity index is 1.95. The van der Waals surface area contributed by atoms with Crippen molar-refractivity contribution in [2.45, 2.75) is 19.8 Å². The van der Waals surface area contributed by atoms with Crippen molar-refractivity contribution in [3.05, 3.63) is 24.3 Å². The summed E-state index contributed by atoms with van der Waals surface area (Å²) in [7, 11) is 0. The van der Waals surface area contributed by atoms with Crippen LogP contribution in [0.4, 0.5) is 11.4 Å².